The number of ether oxygens (including phenoxy) is 1. The van der Waals surface area contributed by atoms with Gasteiger partial charge in [0.1, 0.15) is 0 Å². The lowest BCUT2D eigenvalue weighted by Gasteiger charge is -2.17. The standard InChI is InChI=1S/C14H18N2O5/c1-21-13-7-10(5-6-12(13)16(19)20)15-8-9-3-2-4-11(9)14(17)18/h5-7,9,11,15H,2-4,8H2,1H3,(H,17,18). The van der Waals surface area contributed by atoms with Gasteiger partial charge >= 0.3 is 11.7 Å². The van der Waals surface area contributed by atoms with E-state index in [1.165, 1.54) is 13.2 Å². The molecule has 0 amide bonds. The summed E-state index contributed by atoms with van der Waals surface area (Å²) >= 11 is 0. The Kier molecular flexibility index (Phi) is 4.62. The molecule has 2 unspecified atom stereocenters. The van der Waals surface area contributed by atoms with Gasteiger partial charge in [0.2, 0.25) is 0 Å². The summed E-state index contributed by atoms with van der Waals surface area (Å²) in [6, 6.07) is 4.54. The number of nitrogens with zero attached hydrogens (tertiary/aromatic N) is 1. The monoisotopic (exact) mass is 294 g/mol. The van der Waals surface area contributed by atoms with Gasteiger partial charge < -0.3 is 15.2 Å². The summed E-state index contributed by atoms with van der Waals surface area (Å²) in [7, 11) is 1.38. The Morgan fingerprint density at radius 1 is 1.52 bits per heavy atom. The molecule has 2 rings (SSSR count). The van der Waals surface area contributed by atoms with Crippen LogP contribution in [0.1, 0.15) is 19.3 Å². The van der Waals surface area contributed by atoms with Gasteiger partial charge in [-0.2, -0.15) is 0 Å². The number of carboxylic acids is 1. The van der Waals surface area contributed by atoms with Crippen LogP contribution in [0.5, 0.6) is 5.75 Å². The molecule has 1 fully saturated rings. The number of aliphatic carboxylic acids is 1. The van der Waals surface area contributed by atoms with Gasteiger partial charge in [-0.25, -0.2) is 0 Å². The third-order valence-corrected chi connectivity index (χ3v) is 3.92. The number of hydrogen-bond acceptors (Lipinski definition) is 5. The average molecular weight is 294 g/mol. The molecule has 0 saturated heterocycles. The maximum Gasteiger partial charge on any atom is 0.311 e. The molecule has 114 valence electrons. The lowest BCUT2D eigenvalue weighted by molar-refractivity contribution is -0.385. The number of hydrogen-bond donors (Lipinski definition) is 2. The smallest absolute Gasteiger partial charge is 0.311 e. The molecule has 0 heterocycles. The number of rotatable bonds is 6. The second-order valence-corrected chi connectivity index (χ2v) is 5.16. The van der Waals surface area contributed by atoms with Crippen LogP contribution in [-0.4, -0.2) is 29.7 Å². The van der Waals surface area contributed by atoms with Crippen molar-refractivity contribution in [2.45, 2.75) is 19.3 Å². The predicted molar refractivity (Wildman–Crippen MR) is 76.6 cm³/mol. The van der Waals surface area contributed by atoms with E-state index < -0.39 is 10.9 Å². The zero-order valence-corrected chi connectivity index (χ0v) is 11.7. The summed E-state index contributed by atoms with van der Waals surface area (Å²) in [4.78, 5) is 21.4. The zero-order chi connectivity index (χ0) is 15.4. The van der Waals surface area contributed by atoms with Crippen molar-refractivity contribution in [3.63, 3.8) is 0 Å². The Bertz CT molecular complexity index is 546. The topological polar surface area (TPSA) is 102 Å². The Morgan fingerprint density at radius 3 is 2.90 bits per heavy atom. The van der Waals surface area contributed by atoms with E-state index in [0.717, 1.165) is 12.8 Å². The van der Waals surface area contributed by atoms with Gasteiger partial charge in [0.15, 0.2) is 5.75 Å². The number of benzene rings is 1. The molecule has 1 aliphatic carbocycles. The maximum atomic E-state index is 11.1. The fraction of sp³-hybridized carbons (Fsp3) is 0.500. The van der Waals surface area contributed by atoms with E-state index in [0.29, 0.717) is 18.7 Å². The van der Waals surface area contributed by atoms with E-state index >= 15 is 0 Å². The van der Waals surface area contributed by atoms with Crippen molar-refractivity contribution in [2.24, 2.45) is 11.8 Å². The van der Waals surface area contributed by atoms with Crippen molar-refractivity contribution < 1.29 is 19.6 Å². The van der Waals surface area contributed by atoms with Crippen molar-refractivity contribution in [1.82, 2.24) is 0 Å². The minimum Gasteiger partial charge on any atom is -0.490 e. The van der Waals surface area contributed by atoms with E-state index in [9.17, 15) is 14.9 Å². The molecule has 0 radical (unpaired) electrons. The number of nitrogens with one attached hydrogen (secondary N) is 1. The lowest BCUT2D eigenvalue weighted by atomic mass is 9.96. The maximum absolute atomic E-state index is 11.1. The molecule has 2 atom stereocenters. The fourth-order valence-electron chi connectivity index (χ4n) is 2.79. The van der Waals surface area contributed by atoms with E-state index in [1.54, 1.807) is 12.1 Å². The lowest BCUT2D eigenvalue weighted by Crippen LogP contribution is -2.24. The summed E-state index contributed by atoms with van der Waals surface area (Å²) in [5, 5.41) is 23.1. The SMILES string of the molecule is COc1cc(NCC2CCCC2C(=O)O)ccc1[N+](=O)[O-]. The van der Waals surface area contributed by atoms with Gasteiger partial charge in [0, 0.05) is 24.4 Å². The molecule has 0 aromatic heterocycles. The van der Waals surface area contributed by atoms with Crippen molar-refractivity contribution in [3.8, 4) is 5.75 Å². The minimum absolute atomic E-state index is 0.0867. The quantitative estimate of drug-likeness (QED) is 0.617. The molecule has 21 heavy (non-hydrogen) atoms. The Morgan fingerprint density at radius 2 is 2.29 bits per heavy atom. The van der Waals surface area contributed by atoms with Gasteiger partial charge in [-0.05, 0) is 24.8 Å². The van der Waals surface area contributed by atoms with Crippen molar-refractivity contribution in [1.29, 1.82) is 0 Å². The average Bonchev–Trinajstić information content (AvgIpc) is 2.93. The molecule has 7 heteroatoms. The summed E-state index contributed by atoms with van der Waals surface area (Å²) < 4.78 is 5.00. The second-order valence-electron chi connectivity index (χ2n) is 5.16. The van der Waals surface area contributed by atoms with Gasteiger partial charge in [0.05, 0.1) is 18.0 Å². The molecule has 1 aliphatic rings. The van der Waals surface area contributed by atoms with E-state index in [2.05, 4.69) is 5.32 Å². The Balaban J connectivity index is 2.03. The normalized spacial score (nSPS) is 21.0. The molecule has 1 saturated carbocycles. The number of anilines is 1. The number of carbonyl (C=O) groups is 1. The third kappa shape index (κ3) is 3.42. The molecule has 1 aromatic rings. The summed E-state index contributed by atoms with van der Waals surface area (Å²) in [5.74, 6) is -0.784. The first kappa shape index (κ1) is 15.1. The van der Waals surface area contributed by atoms with Crippen LogP contribution in [0, 0.1) is 22.0 Å². The van der Waals surface area contributed by atoms with Crippen LogP contribution < -0.4 is 10.1 Å². The molecule has 1 aromatic carbocycles. The molecular weight excluding hydrogens is 276 g/mol. The molecule has 0 bridgehead atoms. The number of nitro groups is 1. The van der Waals surface area contributed by atoms with E-state index in [1.807, 2.05) is 0 Å². The highest BCUT2D eigenvalue weighted by Gasteiger charge is 2.32. The minimum atomic E-state index is -0.749. The van der Waals surface area contributed by atoms with Gasteiger partial charge in [-0.3, -0.25) is 14.9 Å². The molecular formula is C14H18N2O5. The summed E-state index contributed by atoms with van der Waals surface area (Å²) in [6.45, 7) is 0.540. The second kappa shape index (κ2) is 6.43. The van der Waals surface area contributed by atoms with Crippen LogP contribution in [0.25, 0.3) is 0 Å². The van der Waals surface area contributed by atoms with Gasteiger partial charge in [-0.15, -0.1) is 0 Å². The highest BCUT2D eigenvalue weighted by molar-refractivity contribution is 5.71. The number of carboxylic acid groups (broad SMARTS) is 1. The zero-order valence-electron chi connectivity index (χ0n) is 11.7. The van der Waals surface area contributed by atoms with Crippen molar-refractivity contribution in [3.05, 3.63) is 28.3 Å². The van der Waals surface area contributed by atoms with Crippen LogP contribution in [0.3, 0.4) is 0 Å². The third-order valence-electron chi connectivity index (χ3n) is 3.92. The molecule has 0 spiro atoms. The van der Waals surface area contributed by atoms with Crippen molar-refractivity contribution >= 4 is 17.3 Å². The van der Waals surface area contributed by atoms with E-state index in [-0.39, 0.29) is 23.3 Å². The summed E-state index contributed by atoms with van der Waals surface area (Å²) in [6.07, 6.45) is 2.52. The molecule has 7 nitrogen and oxygen atoms in total. The highest BCUT2D eigenvalue weighted by Crippen LogP contribution is 2.33. The number of nitro benzene ring substituents is 1. The number of methoxy groups -OCH3 is 1. The van der Waals surface area contributed by atoms with Crippen LogP contribution in [0.4, 0.5) is 11.4 Å². The van der Waals surface area contributed by atoms with Crippen molar-refractivity contribution in [2.75, 3.05) is 19.0 Å². The first-order valence-corrected chi connectivity index (χ1v) is 6.82. The molecule has 2 N–H and O–H groups in total. The molecule has 0 aliphatic heterocycles. The Hall–Kier alpha value is -2.31. The van der Waals surface area contributed by atoms with Crippen LogP contribution in [0.15, 0.2) is 18.2 Å². The van der Waals surface area contributed by atoms with Crippen LogP contribution in [0.2, 0.25) is 0 Å². The first-order chi connectivity index (χ1) is 10.0. The largest absolute Gasteiger partial charge is 0.490 e. The predicted octanol–water partition coefficient (Wildman–Crippen LogP) is 2.52. The van der Waals surface area contributed by atoms with Gasteiger partial charge in [-0.1, -0.05) is 6.42 Å². The highest BCUT2D eigenvalue weighted by atomic mass is 16.6. The van der Waals surface area contributed by atoms with Gasteiger partial charge in [0.25, 0.3) is 0 Å². The Labute approximate surface area is 122 Å². The van der Waals surface area contributed by atoms with Crippen LogP contribution >= 0.6 is 0 Å². The van der Waals surface area contributed by atoms with Crippen LogP contribution in [-0.2, 0) is 4.79 Å². The van der Waals surface area contributed by atoms with E-state index in [4.69, 9.17) is 9.84 Å². The summed E-state index contributed by atoms with van der Waals surface area (Å²) in [5.41, 5.74) is 0.598. The first-order valence-electron chi connectivity index (χ1n) is 6.82. The fourth-order valence-corrected chi connectivity index (χ4v) is 2.79.